The number of hydrogen-bond acceptors (Lipinski definition) is 5. The van der Waals surface area contributed by atoms with Crippen molar-refractivity contribution in [3.63, 3.8) is 0 Å². The lowest BCUT2D eigenvalue weighted by Crippen LogP contribution is -2.14. The van der Waals surface area contributed by atoms with Gasteiger partial charge >= 0.3 is 0 Å². The fraction of sp³-hybridized carbons (Fsp3) is 0.167. The van der Waals surface area contributed by atoms with Crippen LogP contribution < -0.4 is 5.32 Å². The summed E-state index contributed by atoms with van der Waals surface area (Å²) >= 11 is 5.69. The molecule has 0 radical (unpaired) electrons. The Kier molecular flexibility index (Phi) is 4.18. The van der Waals surface area contributed by atoms with Crippen LogP contribution in [0.3, 0.4) is 0 Å². The summed E-state index contributed by atoms with van der Waals surface area (Å²) in [6, 6.07) is 11.9. The summed E-state index contributed by atoms with van der Waals surface area (Å²) in [6.07, 6.45) is -0.917. The largest absolute Gasteiger partial charge is 0.387 e. The number of fused-ring (bicyclic) bond motifs is 3. The molecule has 1 atom stereocenters. The fourth-order valence-corrected chi connectivity index (χ4v) is 2.96. The molecule has 0 saturated heterocycles. The van der Waals surface area contributed by atoms with Gasteiger partial charge in [-0.05, 0) is 24.6 Å². The molecule has 26 heavy (non-hydrogen) atoms. The van der Waals surface area contributed by atoms with Gasteiger partial charge in [-0.15, -0.1) is 15.3 Å². The maximum Gasteiger partial charge on any atom is 0.185 e. The maximum atomic E-state index is 13.6. The number of aliphatic hydroxyl groups excluding tert-OH is 1. The van der Waals surface area contributed by atoms with Gasteiger partial charge in [0.25, 0.3) is 0 Å². The Bertz CT molecular complexity index is 1110. The number of nitrogens with one attached hydrogen (secondary N) is 1. The summed E-state index contributed by atoms with van der Waals surface area (Å²) in [5, 5.41) is 28.1. The highest BCUT2D eigenvalue weighted by atomic mass is 35.5. The molecular formula is C18H15ClFN5O. The molecule has 0 aliphatic heterocycles. The number of aromatic nitrogens is 4. The number of aryl methyl sites for hydroxylation is 1. The summed E-state index contributed by atoms with van der Waals surface area (Å²) in [5.41, 5.74) is 1.11. The van der Waals surface area contributed by atoms with Gasteiger partial charge in [-0.3, -0.25) is 0 Å². The van der Waals surface area contributed by atoms with Gasteiger partial charge in [0.2, 0.25) is 0 Å². The van der Waals surface area contributed by atoms with Gasteiger partial charge < -0.3 is 10.4 Å². The van der Waals surface area contributed by atoms with Crippen LogP contribution in [-0.2, 0) is 0 Å². The Hall–Kier alpha value is -2.77. The van der Waals surface area contributed by atoms with Gasteiger partial charge in [0.1, 0.15) is 5.82 Å². The van der Waals surface area contributed by atoms with Crippen molar-refractivity contribution in [2.75, 3.05) is 11.9 Å². The van der Waals surface area contributed by atoms with Crippen molar-refractivity contribution in [1.82, 2.24) is 19.8 Å². The lowest BCUT2D eigenvalue weighted by molar-refractivity contribution is 0.191. The van der Waals surface area contributed by atoms with Gasteiger partial charge in [-0.25, -0.2) is 4.39 Å². The first-order valence-electron chi connectivity index (χ1n) is 8.02. The Labute approximate surface area is 153 Å². The summed E-state index contributed by atoms with van der Waals surface area (Å²) in [6.45, 7) is 1.97. The van der Waals surface area contributed by atoms with Crippen molar-refractivity contribution < 1.29 is 9.50 Å². The minimum absolute atomic E-state index is 0.0232. The predicted molar refractivity (Wildman–Crippen MR) is 97.9 cm³/mol. The molecule has 2 aromatic carbocycles. The molecule has 4 rings (SSSR count). The van der Waals surface area contributed by atoms with Gasteiger partial charge in [-0.2, -0.15) is 4.52 Å². The molecular weight excluding hydrogens is 357 g/mol. The van der Waals surface area contributed by atoms with Gasteiger partial charge in [0, 0.05) is 17.3 Å². The van der Waals surface area contributed by atoms with Crippen LogP contribution >= 0.6 is 11.6 Å². The van der Waals surface area contributed by atoms with E-state index < -0.39 is 11.9 Å². The average molecular weight is 372 g/mol. The molecule has 6 nitrogen and oxygen atoms in total. The summed E-state index contributed by atoms with van der Waals surface area (Å²) in [4.78, 5) is 0. The van der Waals surface area contributed by atoms with E-state index in [0.717, 1.165) is 10.8 Å². The Morgan fingerprint density at radius 3 is 2.73 bits per heavy atom. The average Bonchev–Trinajstić information content (AvgIpc) is 3.03. The molecule has 1 unspecified atom stereocenters. The van der Waals surface area contributed by atoms with Crippen LogP contribution in [0.15, 0.2) is 42.5 Å². The third-order valence-electron chi connectivity index (χ3n) is 4.21. The van der Waals surface area contributed by atoms with E-state index in [4.69, 9.17) is 11.6 Å². The zero-order valence-electron chi connectivity index (χ0n) is 13.8. The van der Waals surface area contributed by atoms with Crippen LogP contribution in [0.4, 0.5) is 10.2 Å². The molecule has 0 saturated carbocycles. The molecule has 2 aromatic heterocycles. The molecule has 0 aliphatic rings. The first-order chi connectivity index (χ1) is 12.5. The molecule has 0 amide bonds. The number of nitrogens with zero attached hydrogens (tertiary/aromatic N) is 4. The predicted octanol–water partition coefficient (Wildman–Crippen LogP) is 3.52. The van der Waals surface area contributed by atoms with E-state index in [9.17, 15) is 9.50 Å². The van der Waals surface area contributed by atoms with E-state index in [-0.39, 0.29) is 11.6 Å². The number of benzene rings is 2. The Morgan fingerprint density at radius 2 is 1.96 bits per heavy atom. The van der Waals surface area contributed by atoms with E-state index >= 15 is 0 Å². The van der Waals surface area contributed by atoms with E-state index in [1.807, 2.05) is 31.2 Å². The minimum Gasteiger partial charge on any atom is -0.387 e. The number of hydrogen-bond donors (Lipinski definition) is 2. The van der Waals surface area contributed by atoms with Gasteiger partial charge in [0.15, 0.2) is 17.3 Å². The Morgan fingerprint density at radius 1 is 1.19 bits per heavy atom. The quantitative estimate of drug-likeness (QED) is 0.574. The highest BCUT2D eigenvalue weighted by Crippen LogP contribution is 2.26. The first kappa shape index (κ1) is 16.7. The topological polar surface area (TPSA) is 75.3 Å². The van der Waals surface area contributed by atoms with Crippen LogP contribution in [0, 0.1) is 12.7 Å². The van der Waals surface area contributed by atoms with Gasteiger partial charge in [0.05, 0.1) is 11.1 Å². The van der Waals surface area contributed by atoms with Crippen molar-refractivity contribution >= 4 is 33.8 Å². The molecule has 0 spiro atoms. The van der Waals surface area contributed by atoms with Crippen LogP contribution in [0.25, 0.3) is 16.4 Å². The first-order valence-corrected chi connectivity index (χ1v) is 8.40. The normalized spacial score (nSPS) is 12.6. The molecule has 4 aromatic rings. The molecule has 0 fully saturated rings. The van der Waals surface area contributed by atoms with E-state index in [0.29, 0.717) is 22.9 Å². The second-order valence-corrected chi connectivity index (χ2v) is 6.35. The minimum atomic E-state index is -0.917. The van der Waals surface area contributed by atoms with Crippen molar-refractivity contribution in [2.24, 2.45) is 0 Å². The monoisotopic (exact) mass is 371 g/mol. The maximum absolute atomic E-state index is 13.6. The summed E-state index contributed by atoms with van der Waals surface area (Å²) in [7, 11) is 0. The van der Waals surface area contributed by atoms with E-state index in [1.54, 1.807) is 10.6 Å². The molecule has 2 N–H and O–H groups in total. The lowest BCUT2D eigenvalue weighted by atomic mass is 10.1. The molecule has 8 heteroatoms. The molecule has 2 heterocycles. The van der Waals surface area contributed by atoms with Crippen LogP contribution in [0.5, 0.6) is 0 Å². The van der Waals surface area contributed by atoms with E-state index in [1.165, 1.54) is 12.1 Å². The zero-order chi connectivity index (χ0) is 18.3. The van der Waals surface area contributed by atoms with Crippen molar-refractivity contribution in [3.8, 4) is 0 Å². The molecule has 0 bridgehead atoms. The number of halogens is 2. The highest BCUT2D eigenvalue weighted by molar-refractivity contribution is 6.30. The van der Waals surface area contributed by atoms with Crippen molar-refractivity contribution in [2.45, 2.75) is 13.0 Å². The van der Waals surface area contributed by atoms with Gasteiger partial charge in [-0.1, -0.05) is 41.9 Å². The third kappa shape index (κ3) is 2.85. The van der Waals surface area contributed by atoms with Crippen LogP contribution in [0.2, 0.25) is 5.02 Å². The lowest BCUT2D eigenvalue weighted by Gasteiger charge is -2.15. The van der Waals surface area contributed by atoms with Crippen LogP contribution in [-0.4, -0.2) is 31.5 Å². The molecule has 0 aliphatic carbocycles. The van der Waals surface area contributed by atoms with E-state index in [2.05, 4.69) is 20.6 Å². The Balaban J connectivity index is 1.67. The summed E-state index contributed by atoms with van der Waals surface area (Å²) in [5.74, 6) is 0.687. The standard InChI is InChI=1S/C18H15ClFN5O/c1-10-22-23-18-13-5-3-2-4-12(13)17(24-25(10)18)21-9-16(26)11-6-7-14(19)15(20)8-11/h2-8,16,26H,9H2,1H3,(H,21,24). The smallest absolute Gasteiger partial charge is 0.185 e. The summed E-state index contributed by atoms with van der Waals surface area (Å²) < 4.78 is 15.3. The van der Waals surface area contributed by atoms with Crippen LogP contribution in [0.1, 0.15) is 17.5 Å². The molecule has 132 valence electrons. The fourth-order valence-electron chi connectivity index (χ4n) is 2.85. The highest BCUT2D eigenvalue weighted by Gasteiger charge is 2.14. The third-order valence-corrected chi connectivity index (χ3v) is 4.52. The van der Waals surface area contributed by atoms with Crippen molar-refractivity contribution in [3.05, 3.63) is 64.7 Å². The zero-order valence-corrected chi connectivity index (χ0v) is 14.6. The number of rotatable bonds is 4. The van der Waals surface area contributed by atoms with Crippen molar-refractivity contribution in [1.29, 1.82) is 0 Å². The number of aliphatic hydroxyl groups is 1. The SMILES string of the molecule is Cc1nnc2c3ccccc3c(NCC(O)c3ccc(Cl)c(F)c3)nn12. The second kappa shape index (κ2) is 6.51. The number of anilines is 1. The second-order valence-electron chi connectivity index (χ2n) is 5.95.